The molecule has 0 saturated carbocycles. The van der Waals surface area contributed by atoms with Crippen LogP contribution in [-0.4, -0.2) is 23.7 Å². The van der Waals surface area contributed by atoms with Crippen molar-refractivity contribution in [2.75, 3.05) is 6.54 Å². The summed E-state index contributed by atoms with van der Waals surface area (Å²) in [6, 6.07) is 0.297. The van der Waals surface area contributed by atoms with Gasteiger partial charge in [-0.15, -0.1) is 11.3 Å². The number of nitrogens with one attached hydrogen (secondary N) is 1. The molecule has 1 N–H and O–H groups in total. The Balaban J connectivity index is 1.81. The molecular formula is C15H24N2OS. The Labute approximate surface area is 119 Å². The molecule has 1 fully saturated rings. The Morgan fingerprint density at radius 2 is 2.21 bits per heavy atom. The summed E-state index contributed by atoms with van der Waals surface area (Å²) in [5.74, 6) is 0. The quantitative estimate of drug-likeness (QED) is 0.919. The van der Waals surface area contributed by atoms with Crippen LogP contribution < -0.4 is 5.32 Å². The molecule has 0 amide bonds. The molecule has 3 atom stereocenters. The Morgan fingerprint density at radius 3 is 2.89 bits per heavy atom. The molecule has 0 radical (unpaired) electrons. The lowest BCUT2D eigenvalue weighted by atomic mass is 10.0. The van der Waals surface area contributed by atoms with Gasteiger partial charge in [-0.2, -0.15) is 0 Å². The fraction of sp³-hybridized carbons (Fsp3) is 0.800. The maximum absolute atomic E-state index is 6.07. The first kappa shape index (κ1) is 13.5. The average Bonchev–Trinajstić information content (AvgIpc) is 3.01. The lowest BCUT2D eigenvalue weighted by Gasteiger charge is -2.22. The lowest BCUT2D eigenvalue weighted by molar-refractivity contribution is 0.0319. The van der Waals surface area contributed by atoms with Gasteiger partial charge in [0.1, 0.15) is 5.01 Å². The van der Waals surface area contributed by atoms with Crippen molar-refractivity contribution in [1.29, 1.82) is 0 Å². The zero-order valence-electron chi connectivity index (χ0n) is 11.9. The number of ether oxygens (including phenoxy) is 1. The highest BCUT2D eigenvalue weighted by molar-refractivity contribution is 7.11. The third-order valence-electron chi connectivity index (χ3n) is 4.19. The van der Waals surface area contributed by atoms with E-state index < -0.39 is 0 Å². The third-order valence-corrected chi connectivity index (χ3v) is 5.43. The van der Waals surface area contributed by atoms with Gasteiger partial charge in [0.15, 0.2) is 0 Å². The average molecular weight is 280 g/mol. The van der Waals surface area contributed by atoms with Crippen LogP contribution in [0.15, 0.2) is 0 Å². The van der Waals surface area contributed by atoms with E-state index in [9.17, 15) is 0 Å². The first-order valence-electron chi connectivity index (χ1n) is 7.65. The highest BCUT2D eigenvalue weighted by Gasteiger charge is 2.32. The molecule has 4 heteroatoms. The SMILES string of the molecule is CCNC(c1nc2c(s1)CCCC2)C1CCC(C)O1. The Morgan fingerprint density at radius 1 is 1.37 bits per heavy atom. The van der Waals surface area contributed by atoms with Crippen LogP contribution >= 0.6 is 11.3 Å². The molecule has 106 valence electrons. The van der Waals surface area contributed by atoms with Crippen molar-refractivity contribution >= 4 is 11.3 Å². The smallest absolute Gasteiger partial charge is 0.113 e. The standard InChI is InChI=1S/C15H24N2OS/c1-3-16-14(12-9-8-10(2)18-12)15-17-11-6-4-5-7-13(11)19-15/h10,12,14,16H,3-9H2,1-2H3. The van der Waals surface area contributed by atoms with Gasteiger partial charge in [0, 0.05) is 4.88 Å². The van der Waals surface area contributed by atoms with E-state index in [1.807, 2.05) is 11.3 Å². The molecular weight excluding hydrogens is 256 g/mol. The number of nitrogens with zero attached hydrogens (tertiary/aromatic N) is 1. The van der Waals surface area contributed by atoms with Gasteiger partial charge in [0.25, 0.3) is 0 Å². The Kier molecular flexibility index (Phi) is 4.20. The van der Waals surface area contributed by atoms with Gasteiger partial charge in [-0.25, -0.2) is 4.98 Å². The van der Waals surface area contributed by atoms with Gasteiger partial charge >= 0.3 is 0 Å². The van der Waals surface area contributed by atoms with Crippen molar-refractivity contribution in [3.8, 4) is 0 Å². The van der Waals surface area contributed by atoms with Crippen LogP contribution in [0.1, 0.15) is 61.2 Å². The molecule has 19 heavy (non-hydrogen) atoms. The first-order valence-corrected chi connectivity index (χ1v) is 8.47. The summed E-state index contributed by atoms with van der Waals surface area (Å²) in [5.41, 5.74) is 1.36. The molecule has 1 aromatic rings. The number of rotatable bonds is 4. The highest BCUT2D eigenvalue weighted by Crippen LogP contribution is 2.35. The molecule has 2 heterocycles. The summed E-state index contributed by atoms with van der Waals surface area (Å²) in [6.45, 7) is 5.32. The summed E-state index contributed by atoms with van der Waals surface area (Å²) < 4.78 is 6.07. The topological polar surface area (TPSA) is 34.2 Å². The van der Waals surface area contributed by atoms with Crippen molar-refractivity contribution in [2.24, 2.45) is 0 Å². The van der Waals surface area contributed by atoms with Gasteiger partial charge in [-0.05, 0) is 52.0 Å². The van der Waals surface area contributed by atoms with Gasteiger partial charge in [-0.3, -0.25) is 0 Å². The molecule has 2 aliphatic rings. The maximum Gasteiger partial charge on any atom is 0.113 e. The number of likely N-dealkylation sites (N-methyl/N-ethyl adjacent to an activating group) is 1. The molecule has 3 unspecified atom stereocenters. The molecule has 0 aromatic carbocycles. The molecule has 1 saturated heterocycles. The molecule has 3 rings (SSSR count). The summed E-state index contributed by atoms with van der Waals surface area (Å²) in [4.78, 5) is 6.44. The van der Waals surface area contributed by atoms with Crippen molar-refractivity contribution in [2.45, 2.75) is 70.6 Å². The monoisotopic (exact) mass is 280 g/mol. The minimum atomic E-state index is 0.297. The van der Waals surface area contributed by atoms with Crippen molar-refractivity contribution in [3.63, 3.8) is 0 Å². The number of hydrogen-bond acceptors (Lipinski definition) is 4. The van der Waals surface area contributed by atoms with Gasteiger partial charge in [0.05, 0.1) is 23.9 Å². The van der Waals surface area contributed by atoms with E-state index in [0.717, 1.165) is 13.0 Å². The predicted molar refractivity (Wildman–Crippen MR) is 78.7 cm³/mol. The molecule has 1 aromatic heterocycles. The molecule has 1 aliphatic heterocycles. The normalized spacial score (nSPS) is 28.3. The largest absolute Gasteiger partial charge is 0.373 e. The van der Waals surface area contributed by atoms with Crippen LogP contribution in [0.5, 0.6) is 0 Å². The van der Waals surface area contributed by atoms with Crippen LogP contribution in [0, 0.1) is 0 Å². The number of aryl methyl sites for hydroxylation is 2. The molecule has 1 aliphatic carbocycles. The summed E-state index contributed by atoms with van der Waals surface area (Å²) in [6.07, 6.45) is 8.08. The zero-order chi connectivity index (χ0) is 13.2. The van der Waals surface area contributed by atoms with E-state index in [-0.39, 0.29) is 0 Å². The number of fused-ring (bicyclic) bond motifs is 1. The van der Waals surface area contributed by atoms with E-state index in [0.29, 0.717) is 18.2 Å². The van der Waals surface area contributed by atoms with Crippen molar-refractivity contribution in [3.05, 3.63) is 15.6 Å². The first-order chi connectivity index (χ1) is 9.28. The highest BCUT2D eigenvalue weighted by atomic mass is 32.1. The maximum atomic E-state index is 6.07. The van der Waals surface area contributed by atoms with Crippen LogP contribution in [0.3, 0.4) is 0 Å². The summed E-state index contributed by atoms with van der Waals surface area (Å²) in [5, 5.41) is 4.85. The third kappa shape index (κ3) is 2.86. The van der Waals surface area contributed by atoms with Crippen LogP contribution in [0.25, 0.3) is 0 Å². The van der Waals surface area contributed by atoms with Crippen LogP contribution in [0.2, 0.25) is 0 Å². The van der Waals surface area contributed by atoms with E-state index in [4.69, 9.17) is 9.72 Å². The van der Waals surface area contributed by atoms with Crippen LogP contribution in [0.4, 0.5) is 0 Å². The Hall–Kier alpha value is -0.450. The van der Waals surface area contributed by atoms with Gasteiger partial charge < -0.3 is 10.1 Å². The second kappa shape index (κ2) is 5.90. The summed E-state index contributed by atoms with van der Waals surface area (Å²) >= 11 is 1.92. The zero-order valence-corrected chi connectivity index (χ0v) is 12.8. The number of aromatic nitrogens is 1. The van der Waals surface area contributed by atoms with Crippen molar-refractivity contribution < 1.29 is 4.74 Å². The molecule has 3 nitrogen and oxygen atoms in total. The Bertz CT molecular complexity index is 408. The molecule has 0 spiro atoms. The second-order valence-corrected chi connectivity index (χ2v) is 6.84. The minimum Gasteiger partial charge on any atom is -0.373 e. The van der Waals surface area contributed by atoms with Gasteiger partial charge in [-0.1, -0.05) is 6.92 Å². The lowest BCUT2D eigenvalue weighted by Crippen LogP contribution is -2.32. The molecule has 0 bridgehead atoms. The number of hydrogen-bond donors (Lipinski definition) is 1. The second-order valence-electron chi connectivity index (χ2n) is 5.73. The predicted octanol–water partition coefficient (Wildman–Crippen LogP) is 3.24. The fourth-order valence-electron chi connectivity index (χ4n) is 3.18. The van der Waals surface area contributed by atoms with E-state index >= 15 is 0 Å². The van der Waals surface area contributed by atoms with E-state index in [1.165, 1.54) is 47.7 Å². The van der Waals surface area contributed by atoms with E-state index in [1.54, 1.807) is 0 Å². The fourth-order valence-corrected chi connectivity index (χ4v) is 4.46. The van der Waals surface area contributed by atoms with E-state index in [2.05, 4.69) is 19.2 Å². The summed E-state index contributed by atoms with van der Waals surface area (Å²) in [7, 11) is 0. The van der Waals surface area contributed by atoms with Gasteiger partial charge in [0.2, 0.25) is 0 Å². The van der Waals surface area contributed by atoms with Crippen LogP contribution in [-0.2, 0) is 17.6 Å². The minimum absolute atomic E-state index is 0.297. The number of thiazole rings is 1. The van der Waals surface area contributed by atoms with Crippen molar-refractivity contribution in [1.82, 2.24) is 10.3 Å².